The Labute approximate surface area is 134 Å². The van der Waals surface area contributed by atoms with Crippen molar-refractivity contribution in [1.29, 1.82) is 0 Å². The molecule has 0 saturated heterocycles. The van der Waals surface area contributed by atoms with Gasteiger partial charge in [-0.25, -0.2) is 0 Å². The molecule has 0 aromatic carbocycles. The predicted molar refractivity (Wildman–Crippen MR) is 89.8 cm³/mol. The zero-order valence-electron chi connectivity index (χ0n) is 13.8. The quantitative estimate of drug-likeness (QED) is 0.336. The van der Waals surface area contributed by atoms with Gasteiger partial charge in [-0.3, -0.25) is 4.79 Å². The molecule has 3 N–H and O–H groups in total. The molecule has 128 valence electrons. The first-order valence-corrected chi connectivity index (χ1v) is 8.45. The average Bonchev–Trinajstić information content (AvgIpc) is 2.49. The van der Waals surface area contributed by atoms with Gasteiger partial charge in [0.05, 0.1) is 12.2 Å². The highest BCUT2D eigenvalue weighted by Gasteiger charge is 2.13. The molecule has 0 aliphatic carbocycles. The average molecular weight is 312 g/mol. The summed E-state index contributed by atoms with van der Waals surface area (Å²) in [4.78, 5) is 10.3. The summed E-state index contributed by atoms with van der Waals surface area (Å²) in [6, 6.07) is 0. The Morgan fingerprint density at radius 3 is 2.23 bits per heavy atom. The number of carboxylic acids is 1. The van der Waals surface area contributed by atoms with Gasteiger partial charge in [0.1, 0.15) is 0 Å². The van der Waals surface area contributed by atoms with Gasteiger partial charge in [-0.05, 0) is 32.1 Å². The minimum absolute atomic E-state index is 0.237. The molecule has 0 spiro atoms. The molecule has 0 radical (unpaired) electrons. The topological polar surface area (TPSA) is 77.8 Å². The van der Waals surface area contributed by atoms with E-state index in [9.17, 15) is 15.0 Å². The van der Waals surface area contributed by atoms with Crippen molar-refractivity contribution in [3.8, 4) is 0 Å². The molecule has 0 amide bonds. The van der Waals surface area contributed by atoms with Crippen LogP contribution in [0.4, 0.5) is 0 Å². The van der Waals surface area contributed by atoms with Gasteiger partial charge in [0.25, 0.3) is 0 Å². The summed E-state index contributed by atoms with van der Waals surface area (Å²) in [7, 11) is 0. The van der Waals surface area contributed by atoms with Crippen LogP contribution >= 0.6 is 0 Å². The monoisotopic (exact) mass is 312 g/mol. The van der Waals surface area contributed by atoms with E-state index in [1.54, 1.807) is 0 Å². The van der Waals surface area contributed by atoms with Crippen LogP contribution in [0.5, 0.6) is 0 Å². The fourth-order valence-corrected chi connectivity index (χ4v) is 2.18. The lowest BCUT2D eigenvalue weighted by Gasteiger charge is -2.16. The van der Waals surface area contributed by atoms with Crippen LogP contribution in [0, 0.1) is 0 Å². The molecule has 0 saturated carbocycles. The molecule has 0 aromatic heterocycles. The van der Waals surface area contributed by atoms with Gasteiger partial charge in [-0.1, -0.05) is 56.9 Å². The van der Waals surface area contributed by atoms with Crippen molar-refractivity contribution in [3.63, 3.8) is 0 Å². The van der Waals surface area contributed by atoms with Crippen molar-refractivity contribution in [1.82, 2.24) is 0 Å². The molecule has 22 heavy (non-hydrogen) atoms. The first-order chi connectivity index (χ1) is 10.6. The van der Waals surface area contributed by atoms with Crippen LogP contribution in [-0.2, 0) is 4.79 Å². The van der Waals surface area contributed by atoms with E-state index < -0.39 is 18.2 Å². The summed E-state index contributed by atoms with van der Waals surface area (Å²) in [5.41, 5.74) is 0. The summed E-state index contributed by atoms with van der Waals surface area (Å²) in [5.74, 6) is -0.739. The molecule has 0 fully saturated rings. The maximum Gasteiger partial charge on any atom is 0.303 e. The summed E-state index contributed by atoms with van der Waals surface area (Å²) in [5, 5.41) is 28.2. The van der Waals surface area contributed by atoms with E-state index in [-0.39, 0.29) is 6.42 Å². The molecule has 4 nitrogen and oxygen atoms in total. The Balaban J connectivity index is 3.55. The predicted octanol–water partition coefficient (Wildman–Crippen LogP) is 3.83. The molecule has 0 aromatic rings. The molecular weight excluding hydrogens is 280 g/mol. The van der Waals surface area contributed by atoms with Gasteiger partial charge in [0, 0.05) is 6.42 Å². The molecular formula is C18H32O4. The smallest absolute Gasteiger partial charge is 0.303 e. The third-order valence-electron chi connectivity index (χ3n) is 3.55. The van der Waals surface area contributed by atoms with Crippen LogP contribution in [0.2, 0.25) is 0 Å². The minimum Gasteiger partial charge on any atom is -0.481 e. The van der Waals surface area contributed by atoms with Crippen molar-refractivity contribution >= 4 is 5.97 Å². The molecule has 0 heterocycles. The Bertz CT molecular complexity index is 323. The molecule has 0 aliphatic rings. The highest BCUT2D eigenvalue weighted by Crippen LogP contribution is 2.12. The van der Waals surface area contributed by atoms with E-state index in [4.69, 9.17) is 5.11 Å². The molecule has 0 aliphatic heterocycles. The molecule has 0 bridgehead atoms. The van der Waals surface area contributed by atoms with Crippen molar-refractivity contribution < 1.29 is 20.1 Å². The lowest BCUT2D eigenvalue weighted by atomic mass is 10.0. The second-order valence-corrected chi connectivity index (χ2v) is 5.66. The number of unbranched alkanes of at least 4 members (excludes halogenated alkanes) is 4. The minimum atomic E-state index is -0.739. The SMILES string of the molecule is CCC=CCC=CCC(O)C(O)CCCCCCCC(=O)O. The fraction of sp³-hybridized carbons (Fsp3) is 0.722. The number of rotatable bonds is 14. The van der Waals surface area contributed by atoms with Crippen LogP contribution in [0.15, 0.2) is 24.3 Å². The van der Waals surface area contributed by atoms with Crippen LogP contribution in [0.25, 0.3) is 0 Å². The van der Waals surface area contributed by atoms with Crippen molar-refractivity contribution in [3.05, 3.63) is 24.3 Å². The number of carbonyl (C=O) groups is 1. The zero-order chi connectivity index (χ0) is 16.6. The highest BCUT2D eigenvalue weighted by molar-refractivity contribution is 5.66. The number of hydrogen-bond donors (Lipinski definition) is 3. The van der Waals surface area contributed by atoms with Gasteiger partial charge in [0.2, 0.25) is 0 Å². The van der Waals surface area contributed by atoms with E-state index in [1.807, 2.05) is 12.2 Å². The van der Waals surface area contributed by atoms with Crippen LogP contribution in [0.1, 0.15) is 71.1 Å². The maximum absolute atomic E-state index is 10.3. The third-order valence-corrected chi connectivity index (χ3v) is 3.55. The lowest BCUT2D eigenvalue weighted by Crippen LogP contribution is -2.25. The van der Waals surface area contributed by atoms with Crippen LogP contribution in [0.3, 0.4) is 0 Å². The molecule has 2 atom stereocenters. The third kappa shape index (κ3) is 13.8. The summed E-state index contributed by atoms with van der Waals surface area (Å²) in [6.07, 6.45) is 14.4. The second kappa shape index (κ2) is 14.8. The maximum atomic E-state index is 10.3. The van der Waals surface area contributed by atoms with E-state index in [0.29, 0.717) is 12.8 Å². The van der Waals surface area contributed by atoms with Gasteiger partial charge < -0.3 is 15.3 Å². The summed E-state index contributed by atoms with van der Waals surface area (Å²) in [6.45, 7) is 2.09. The van der Waals surface area contributed by atoms with Gasteiger partial charge in [-0.15, -0.1) is 0 Å². The summed E-state index contributed by atoms with van der Waals surface area (Å²) >= 11 is 0. The molecule has 2 unspecified atom stereocenters. The zero-order valence-corrected chi connectivity index (χ0v) is 13.8. The number of hydrogen-bond acceptors (Lipinski definition) is 3. The van der Waals surface area contributed by atoms with Gasteiger partial charge in [0.15, 0.2) is 0 Å². The fourth-order valence-electron chi connectivity index (χ4n) is 2.18. The first kappa shape index (κ1) is 20.9. The number of aliphatic hydroxyl groups is 2. The largest absolute Gasteiger partial charge is 0.481 e. The normalized spacial score (nSPS) is 14.7. The Hall–Kier alpha value is -1.13. The van der Waals surface area contributed by atoms with E-state index in [1.165, 1.54) is 0 Å². The van der Waals surface area contributed by atoms with Crippen LogP contribution in [-0.4, -0.2) is 33.5 Å². The second-order valence-electron chi connectivity index (χ2n) is 5.66. The van der Waals surface area contributed by atoms with Gasteiger partial charge in [-0.2, -0.15) is 0 Å². The lowest BCUT2D eigenvalue weighted by molar-refractivity contribution is -0.137. The summed E-state index contributed by atoms with van der Waals surface area (Å²) < 4.78 is 0. The van der Waals surface area contributed by atoms with Crippen molar-refractivity contribution in [2.24, 2.45) is 0 Å². The Morgan fingerprint density at radius 1 is 0.909 bits per heavy atom. The van der Waals surface area contributed by atoms with E-state index >= 15 is 0 Å². The van der Waals surface area contributed by atoms with Crippen LogP contribution < -0.4 is 0 Å². The van der Waals surface area contributed by atoms with Gasteiger partial charge >= 0.3 is 5.97 Å². The molecule has 4 heteroatoms. The number of allylic oxidation sites excluding steroid dienone is 3. The van der Waals surface area contributed by atoms with E-state index in [2.05, 4.69) is 19.1 Å². The molecule has 0 rings (SSSR count). The number of aliphatic carboxylic acids is 1. The standard InChI is InChI=1S/C18H32O4/c1-2-3-4-5-7-10-13-16(19)17(20)14-11-8-6-9-12-15-18(21)22/h3-4,7,10,16-17,19-20H,2,5-6,8-9,11-15H2,1H3,(H,21,22). The Kier molecular flexibility index (Phi) is 14.0. The number of aliphatic hydroxyl groups excluding tert-OH is 2. The Morgan fingerprint density at radius 2 is 1.55 bits per heavy atom. The van der Waals surface area contributed by atoms with Crippen molar-refractivity contribution in [2.45, 2.75) is 83.3 Å². The highest BCUT2D eigenvalue weighted by atomic mass is 16.4. The number of carboxylic acid groups (broad SMARTS) is 1. The van der Waals surface area contributed by atoms with E-state index in [0.717, 1.165) is 44.9 Å². The van der Waals surface area contributed by atoms with Crippen molar-refractivity contribution in [2.75, 3.05) is 0 Å². The first-order valence-electron chi connectivity index (χ1n) is 8.45.